The molecule has 1 rings (SSSR count). The molecule has 0 N–H and O–H groups in total. The van der Waals surface area contributed by atoms with E-state index >= 15 is 0 Å². The lowest BCUT2D eigenvalue weighted by molar-refractivity contribution is 1.59. The van der Waals surface area contributed by atoms with E-state index in [9.17, 15) is 0 Å². The van der Waals surface area contributed by atoms with Crippen molar-refractivity contribution < 1.29 is 0 Å². The summed E-state index contributed by atoms with van der Waals surface area (Å²) in [5.41, 5.74) is 0. The van der Waals surface area contributed by atoms with E-state index in [2.05, 4.69) is 38.4 Å². The Balaban J connectivity index is 3.15. The zero-order chi connectivity index (χ0) is 10.8. The standard InChI is InChI=1S/C10H17ClNPSi/c1-13(11,12-14(2,3)4)10-8-6-5-7-9-10/h5-9H,1-4H3. The fourth-order valence-corrected chi connectivity index (χ4v) is 9.39. The highest BCUT2D eigenvalue weighted by molar-refractivity contribution is 7.96. The van der Waals surface area contributed by atoms with Crippen LogP contribution in [-0.2, 0) is 0 Å². The van der Waals surface area contributed by atoms with Crippen molar-refractivity contribution in [3.05, 3.63) is 30.3 Å². The first-order chi connectivity index (χ1) is 6.31. The van der Waals surface area contributed by atoms with Crippen LogP contribution in [0, 0.1) is 0 Å². The maximum Gasteiger partial charge on any atom is 0.172 e. The van der Waals surface area contributed by atoms with Gasteiger partial charge >= 0.3 is 0 Å². The van der Waals surface area contributed by atoms with Crippen LogP contribution >= 0.6 is 17.6 Å². The summed E-state index contributed by atoms with van der Waals surface area (Å²) in [7, 11) is -1.43. The molecule has 0 saturated heterocycles. The third-order valence-electron chi connectivity index (χ3n) is 1.72. The first-order valence-corrected chi connectivity index (χ1v) is 11.2. The normalized spacial score (nSPS) is 16.1. The Hall–Kier alpha value is -0.0431. The van der Waals surface area contributed by atoms with Crippen LogP contribution in [0.1, 0.15) is 0 Å². The maximum atomic E-state index is 6.53. The molecule has 0 spiro atoms. The monoisotopic (exact) mass is 245 g/mol. The van der Waals surface area contributed by atoms with Crippen LogP contribution in [-0.4, -0.2) is 14.9 Å². The minimum absolute atomic E-state index is 1.18. The number of rotatable bonds is 2. The molecule has 0 amide bonds. The predicted molar refractivity (Wildman–Crippen MR) is 70.5 cm³/mol. The van der Waals surface area contributed by atoms with Gasteiger partial charge in [0, 0.05) is 5.30 Å². The highest BCUT2D eigenvalue weighted by Crippen LogP contribution is 2.51. The molecule has 0 aliphatic heterocycles. The summed E-state index contributed by atoms with van der Waals surface area (Å²) in [4.78, 5) is 0. The molecule has 0 bridgehead atoms. The van der Waals surface area contributed by atoms with Crippen LogP contribution < -0.4 is 5.30 Å². The molecule has 0 aromatic heterocycles. The Morgan fingerprint density at radius 2 is 1.64 bits per heavy atom. The molecule has 0 fully saturated rings. The third-order valence-corrected chi connectivity index (χ3v) is 8.12. The number of hydrogen-bond acceptors (Lipinski definition) is 1. The van der Waals surface area contributed by atoms with E-state index in [0.717, 1.165) is 0 Å². The second kappa shape index (κ2) is 4.22. The molecule has 14 heavy (non-hydrogen) atoms. The summed E-state index contributed by atoms with van der Waals surface area (Å²) in [6.07, 6.45) is -1.76. The zero-order valence-electron chi connectivity index (χ0n) is 9.16. The van der Waals surface area contributed by atoms with Gasteiger partial charge in [0.25, 0.3) is 0 Å². The van der Waals surface area contributed by atoms with Crippen molar-refractivity contribution in [3.8, 4) is 0 Å². The lowest BCUT2D eigenvalue weighted by Crippen LogP contribution is -2.17. The van der Waals surface area contributed by atoms with Crippen molar-refractivity contribution >= 4 is 31.2 Å². The van der Waals surface area contributed by atoms with Gasteiger partial charge in [0.2, 0.25) is 0 Å². The molecule has 0 aliphatic carbocycles. The Morgan fingerprint density at radius 1 is 1.14 bits per heavy atom. The topological polar surface area (TPSA) is 12.4 Å². The smallest absolute Gasteiger partial charge is 0.172 e. The number of hydrogen-bond donors (Lipinski definition) is 0. The van der Waals surface area contributed by atoms with Crippen LogP contribution in [0.25, 0.3) is 0 Å². The van der Waals surface area contributed by atoms with Gasteiger partial charge in [-0.2, -0.15) is 0 Å². The van der Waals surface area contributed by atoms with E-state index in [4.69, 9.17) is 15.7 Å². The Morgan fingerprint density at radius 3 is 2.07 bits per heavy atom. The van der Waals surface area contributed by atoms with Gasteiger partial charge in [-0.15, -0.1) is 0 Å². The first kappa shape index (κ1) is 12.0. The molecule has 0 saturated carbocycles. The van der Waals surface area contributed by atoms with Crippen LogP contribution in [0.15, 0.2) is 34.7 Å². The average molecular weight is 246 g/mol. The highest BCUT2D eigenvalue weighted by atomic mass is 35.7. The predicted octanol–water partition coefficient (Wildman–Crippen LogP) is 4.13. The Kier molecular flexibility index (Phi) is 3.62. The van der Waals surface area contributed by atoms with E-state index in [1.54, 1.807) is 0 Å². The molecule has 1 aromatic carbocycles. The Labute approximate surface area is 92.4 Å². The molecular weight excluding hydrogens is 229 g/mol. The van der Waals surface area contributed by atoms with Crippen molar-refractivity contribution in [1.82, 2.24) is 0 Å². The minimum Gasteiger partial charge on any atom is -0.320 e. The van der Waals surface area contributed by atoms with Gasteiger partial charge in [0.15, 0.2) is 8.24 Å². The van der Waals surface area contributed by atoms with E-state index in [1.807, 2.05) is 18.2 Å². The first-order valence-electron chi connectivity index (χ1n) is 4.67. The molecule has 1 unspecified atom stereocenters. The fourth-order valence-electron chi connectivity index (χ4n) is 1.32. The van der Waals surface area contributed by atoms with Crippen molar-refractivity contribution in [2.45, 2.75) is 19.6 Å². The summed E-state index contributed by atoms with van der Waals surface area (Å²) >= 11 is 6.53. The summed E-state index contributed by atoms with van der Waals surface area (Å²) in [5, 5.41) is 1.18. The van der Waals surface area contributed by atoms with Crippen LogP contribution in [0.5, 0.6) is 0 Å². The van der Waals surface area contributed by atoms with Gasteiger partial charge in [-0.05, 0) is 6.66 Å². The van der Waals surface area contributed by atoms with E-state index in [1.165, 1.54) is 5.30 Å². The number of halogens is 1. The molecule has 78 valence electrons. The summed E-state index contributed by atoms with van der Waals surface area (Å²) < 4.78 is 4.83. The van der Waals surface area contributed by atoms with Crippen molar-refractivity contribution in [3.63, 3.8) is 0 Å². The molecule has 0 radical (unpaired) electrons. The summed E-state index contributed by atoms with van der Waals surface area (Å²) in [6.45, 7) is 8.73. The van der Waals surface area contributed by atoms with Crippen molar-refractivity contribution in [1.29, 1.82) is 0 Å². The average Bonchev–Trinajstić information content (AvgIpc) is 2.01. The minimum atomic E-state index is -1.76. The van der Waals surface area contributed by atoms with Crippen molar-refractivity contribution in [2.24, 2.45) is 4.41 Å². The van der Waals surface area contributed by atoms with Gasteiger partial charge in [-0.3, -0.25) is 0 Å². The lowest BCUT2D eigenvalue weighted by Gasteiger charge is -2.19. The van der Waals surface area contributed by atoms with Crippen LogP contribution in [0.3, 0.4) is 0 Å². The highest BCUT2D eigenvalue weighted by Gasteiger charge is 2.18. The van der Waals surface area contributed by atoms with Gasteiger partial charge < -0.3 is 4.41 Å². The zero-order valence-corrected chi connectivity index (χ0v) is 11.8. The third kappa shape index (κ3) is 3.60. The molecule has 4 heteroatoms. The molecule has 1 nitrogen and oxygen atoms in total. The van der Waals surface area contributed by atoms with Crippen molar-refractivity contribution in [2.75, 3.05) is 6.66 Å². The quantitative estimate of drug-likeness (QED) is 0.549. The van der Waals surface area contributed by atoms with Gasteiger partial charge in [-0.1, -0.05) is 61.2 Å². The van der Waals surface area contributed by atoms with Gasteiger partial charge in [0.1, 0.15) is 0 Å². The van der Waals surface area contributed by atoms with Crippen LogP contribution in [0.2, 0.25) is 19.6 Å². The van der Waals surface area contributed by atoms with E-state index in [0.29, 0.717) is 0 Å². The summed E-state index contributed by atoms with van der Waals surface area (Å²) in [5.74, 6) is 0. The van der Waals surface area contributed by atoms with E-state index < -0.39 is 14.6 Å². The summed E-state index contributed by atoms with van der Waals surface area (Å²) in [6, 6.07) is 10.2. The molecule has 0 aliphatic rings. The van der Waals surface area contributed by atoms with Gasteiger partial charge in [-0.25, -0.2) is 0 Å². The molecule has 1 atom stereocenters. The van der Waals surface area contributed by atoms with Gasteiger partial charge in [0.05, 0.1) is 6.41 Å². The second-order valence-electron chi connectivity index (χ2n) is 4.46. The molecular formula is C10H17ClNPSi. The SMILES string of the molecule is C[Si](C)(C)N=P(C)(Cl)c1ccccc1. The number of nitrogens with zero attached hydrogens (tertiary/aromatic N) is 1. The molecule has 1 aromatic rings. The Bertz CT molecular complexity index is 350. The molecule has 0 heterocycles. The fraction of sp³-hybridized carbons (Fsp3) is 0.400. The number of benzene rings is 1. The lowest BCUT2D eigenvalue weighted by atomic mass is 10.4. The largest absolute Gasteiger partial charge is 0.320 e. The maximum absolute atomic E-state index is 6.53. The van der Waals surface area contributed by atoms with Crippen LogP contribution in [0.4, 0.5) is 0 Å². The van der Waals surface area contributed by atoms with E-state index in [-0.39, 0.29) is 0 Å². The second-order valence-corrected chi connectivity index (χ2v) is 13.8.